The molecule has 1 atom stereocenters. The van der Waals surface area contributed by atoms with Crippen LogP contribution in [0.15, 0.2) is 36.5 Å². The first-order valence-electron chi connectivity index (χ1n) is 29.5. The van der Waals surface area contributed by atoms with E-state index in [9.17, 15) is 14.4 Å². The lowest BCUT2D eigenvalue weighted by Gasteiger charge is -2.18. The second kappa shape index (κ2) is 56.2. The Hall–Kier alpha value is -2.37. The molecular formula is C61H112O6. The highest BCUT2D eigenvalue weighted by molar-refractivity contribution is 5.71. The molecule has 0 aromatic heterocycles. The minimum absolute atomic E-state index is 0.0768. The van der Waals surface area contributed by atoms with Crippen LogP contribution in [0.1, 0.15) is 316 Å². The lowest BCUT2D eigenvalue weighted by molar-refractivity contribution is -0.167. The lowest BCUT2D eigenvalue weighted by Crippen LogP contribution is -2.30. The third kappa shape index (κ3) is 54.4. The molecular weight excluding hydrogens is 829 g/mol. The fourth-order valence-corrected chi connectivity index (χ4v) is 8.60. The molecule has 0 N–H and O–H groups in total. The van der Waals surface area contributed by atoms with Gasteiger partial charge in [0.1, 0.15) is 13.2 Å². The molecule has 0 fully saturated rings. The van der Waals surface area contributed by atoms with Gasteiger partial charge in [0.25, 0.3) is 0 Å². The predicted molar refractivity (Wildman–Crippen MR) is 289 cm³/mol. The Morgan fingerprint density at radius 1 is 0.284 bits per heavy atom. The number of rotatable bonds is 54. The SMILES string of the molecule is CCCCCCC/C=C\CCCCCCCC(=O)OCC(COC(=O)CCCCCCCCCCC/C=C\CCCCCCCC)OC(=O)CCCCCCC/C=C\CCCCCCCCC. The van der Waals surface area contributed by atoms with Gasteiger partial charge in [-0.2, -0.15) is 0 Å². The quantitative estimate of drug-likeness (QED) is 0.0262. The Morgan fingerprint density at radius 2 is 0.493 bits per heavy atom. The summed E-state index contributed by atoms with van der Waals surface area (Å²) in [6.45, 7) is 6.65. The average molecular weight is 942 g/mol. The minimum Gasteiger partial charge on any atom is -0.462 e. The Morgan fingerprint density at radius 3 is 0.746 bits per heavy atom. The number of carbonyl (C=O) groups excluding carboxylic acids is 3. The van der Waals surface area contributed by atoms with Gasteiger partial charge in [-0.15, -0.1) is 0 Å². The van der Waals surface area contributed by atoms with Crippen LogP contribution in [0.25, 0.3) is 0 Å². The first kappa shape index (κ1) is 64.6. The highest BCUT2D eigenvalue weighted by Gasteiger charge is 2.19. The van der Waals surface area contributed by atoms with Crippen molar-refractivity contribution in [2.45, 2.75) is 322 Å². The van der Waals surface area contributed by atoms with Crippen LogP contribution in [0.4, 0.5) is 0 Å². The van der Waals surface area contributed by atoms with Crippen molar-refractivity contribution in [2.75, 3.05) is 13.2 Å². The Balaban J connectivity index is 4.35. The van der Waals surface area contributed by atoms with Crippen LogP contribution in [-0.4, -0.2) is 37.2 Å². The third-order valence-corrected chi connectivity index (χ3v) is 13.1. The molecule has 0 aliphatic heterocycles. The summed E-state index contributed by atoms with van der Waals surface area (Å²) < 4.78 is 16.9. The van der Waals surface area contributed by atoms with E-state index in [2.05, 4.69) is 57.2 Å². The maximum Gasteiger partial charge on any atom is 0.306 e. The molecule has 0 rings (SSSR count). The predicted octanol–water partition coefficient (Wildman–Crippen LogP) is 19.7. The van der Waals surface area contributed by atoms with Crippen molar-refractivity contribution >= 4 is 17.9 Å². The second-order valence-electron chi connectivity index (χ2n) is 19.9. The van der Waals surface area contributed by atoms with Crippen molar-refractivity contribution in [3.05, 3.63) is 36.5 Å². The van der Waals surface area contributed by atoms with Crippen molar-refractivity contribution in [1.82, 2.24) is 0 Å². The average Bonchev–Trinajstić information content (AvgIpc) is 3.33. The largest absolute Gasteiger partial charge is 0.462 e. The van der Waals surface area contributed by atoms with Crippen molar-refractivity contribution in [3.8, 4) is 0 Å². The number of hydrogen-bond donors (Lipinski definition) is 0. The van der Waals surface area contributed by atoms with Crippen LogP contribution in [0.5, 0.6) is 0 Å². The molecule has 0 amide bonds. The van der Waals surface area contributed by atoms with Crippen LogP contribution in [0.2, 0.25) is 0 Å². The zero-order chi connectivity index (χ0) is 48.6. The summed E-state index contributed by atoms with van der Waals surface area (Å²) in [7, 11) is 0. The van der Waals surface area contributed by atoms with Crippen molar-refractivity contribution in [1.29, 1.82) is 0 Å². The van der Waals surface area contributed by atoms with Crippen LogP contribution in [0.3, 0.4) is 0 Å². The smallest absolute Gasteiger partial charge is 0.306 e. The third-order valence-electron chi connectivity index (χ3n) is 13.1. The van der Waals surface area contributed by atoms with E-state index in [0.717, 1.165) is 70.6 Å². The topological polar surface area (TPSA) is 78.9 Å². The molecule has 6 nitrogen and oxygen atoms in total. The molecule has 0 radical (unpaired) electrons. The maximum absolute atomic E-state index is 12.9. The van der Waals surface area contributed by atoms with Crippen molar-refractivity contribution in [3.63, 3.8) is 0 Å². The molecule has 0 saturated heterocycles. The van der Waals surface area contributed by atoms with E-state index in [-0.39, 0.29) is 31.1 Å². The fraction of sp³-hybridized carbons (Fsp3) is 0.852. The standard InChI is InChI=1S/C61H112O6/c1-4-7-10-13-16-19-22-25-28-30-31-32-34-36-39-42-45-48-51-54-60(63)66-57-58(56-65-59(62)53-50-47-44-41-38-35-27-24-21-18-15-12-9-6-3)67-61(64)55-52-49-46-43-40-37-33-29-26-23-20-17-14-11-8-5-2/h24-25,27-29,33,58H,4-23,26,30-32,34-57H2,1-3H3/b27-24-,28-25-,33-29-. The van der Waals surface area contributed by atoms with E-state index in [1.807, 2.05) is 0 Å². The number of carbonyl (C=O) groups is 3. The Bertz CT molecular complexity index is 1130. The summed E-state index contributed by atoms with van der Waals surface area (Å²) in [6.07, 6.45) is 67.0. The van der Waals surface area contributed by atoms with Crippen LogP contribution in [-0.2, 0) is 28.6 Å². The molecule has 6 heteroatoms. The summed E-state index contributed by atoms with van der Waals surface area (Å²) in [4.78, 5) is 38.2. The van der Waals surface area contributed by atoms with Gasteiger partial charge < -0.3 is 14.2 Å². The van der Waals surface area contributed by atoms with Gasteiger partial charge in [-0.05, 0) is 96.3 Å². The molecule has 0 aliphatic carbocycles. The van der Waals surface area contributed by atoms with Gasteiger partial charge in [0.05, 0.1) is 0 Å². The normalized spacial score (nSPS) is 12.2. The maximum atomic E-state index is 12.9. The second-order valence-corrected chi connectivity index (χ2v) is 19.9. The molecule has 0 aromatic carbocycles. The zero-order valence-corrected chi connectivity index (χ0v) is 44.9. The van der Waals surface area contributed by atoms with E-state index in [4.69, 9.17) is 14.2 Å². The highest BCUT2D eigenvalue weighted by Crippen LogP contribution is 2.16. The van der Waals surface area contributed by atoms with Gasteiger partial charge in [0.15, 0.2) is 6.10 Å². The number of esters is 3. The molecule has 0 bridgehead atoms. The van der Waals surface area contributed by atoms with Gasteiger partial charge in [-0.1, -0.05) is 237 Å². The van der Waals surface area contributed by atoms with Gasteiger partial charge in [-0.25, -0.2) is 0 Å². The summed E-state index contributed by atoms with van der Waals surface area (Å²) in [6, 6.07) is 0. The van der Waals surface area contributed by atoms with Crippen LogP contribution < -0.4 is 0 Å². The first-order valence-corrected chi connectivity index (χ1v) is 29.5. The minimum atomic E-state index is -0.779. The Kier molecular flexibility index (Phi) is 54.2. The van der Waals surface area contributed by atoms with E-state index in [1.165, 1.54) is 205 Å². The Labute approximate surface area is 416 Å². The summed E-state index contributed by atoms with van der Waals surface area (Å²) in [5.41, 5.74) is 0. The summed E-state index contributed by atoms with van der Waals surface area (Å²) in [5, 5.41) is 0. The molecule has 0 aromatic rings. The zero-order valence-electron chi connectivity index (χ0n) is 44.9. The number of ether oxygens (including phenoxy) is 3. The van der Waals surface area contributed by atoms with Crippen LogP contribution in [0, 0.1) is 0 Å². The van der Waals surface area contributed by atoms with Gasteiger partial charge in [-0.3, -0.25) is 14.4 Å². The number of allylic oxidation sites excluding steroid dienone is 6. The van der Waals surface area contributed by atoms with E-state index >= 15 is 0 Å². The molecule has 392 valence electrons. The van der Waals surface area contributed by atoms with Crippen LogP contribution >= 0.6 is 0 Å². The van der Waals surface area contributed by atoms with Crippen molar-refractivity contribution < 1.29 is 28.6 Å². The molecule has 0 heterocycles. The molecule has 0 saturated carbocycles. The molecule has 0 spiro atoms. The lowest BCUT2D eigenvalue weighted by atomic mass is 10.1. The van der Waals surface area contributed by atoms with Gasteiger partial charge in [0.2, 0.25) is 0 Å². The highest BCUT2D eigenvalue weighted by atomic mass is 16.6. The van der Waals surface area contributed by atoms with E-state index in [0.29, 0.717) is 19.3 Å². The summed E-state index contributed by atoms with van der Waals surface area (Å²) in [5.74, 6) is -0.880. The first-order chi connectivity index (χ1) is 33.0. The molecule has 67 heavy (non-hydrogen) atoms. The monoisotopic (exact) mass is 941 g/mol. The number of hydrogen-bond acceptors (Lipinski definition) is 6. The number of unbranched alkanes of at least 4 members (excludes halogenated alkanes) is 37. The fourth-order valence-electron chi connectivity index (χ4n) is 8.60. The van der Waals surface area contributed by atoms with Crippen molar-refractivity contribution in [2.24, 2.45) is 0 Å². The van der Waals surface area contributed by atoms with Gasteiger partial charge >= 0.3 is 17.9 Å². The van der Waals surface area contributed by atoms with E-state index < -0.39 is 6.10 Å². The van der Waals surface area contributed by atoms with E-state index in [1.54, 1.807) is 0 Å². The van der Waals surface area contributed by atoms with Gasteiger partial charge in [0, 0.05) is 19.3 Å². The summed E-state index contributed by atoms with van der Waals surface area (Å²) >= 11 is 0. The molecule has 1 unspecified atom stereocenters. The molecule has 0 aliphatic rings.